The lowest BCUT2D eigenvalue weighted by molar-refractivity contribution is -0.384. The zero-order chi connectivity index (χ0) is 17.8. The Morgan fingerprint density at radius 1 is 1.28 bits per heavy atom. The third-order valence-electron chi connectivity index (χ3n) is 3.78. The molecule has 0 aliphatic heterocycles. The summed E-state index contributed by atoms with van der Waals surface area (Å²) in [6, 6.07) is 11.3. The van der Waals surface area contributed by atoms with E-state index in [1.165, 1.54) is 18.2 Å². The first-order chi connectivity index (χ1) is 12.0. The molecule has 0 fully saturated rings. The van der Waals surface area contributed by atoms with Gasteiger partial charge in [-0.1, -0.05) is 12.1 Å². The molecule has 2 aromatic carbocycles. The van der Waals surface area contributed by atoms with E-state index in [4.69, 9.17) is 0 Å². The number of fused-ring (bicyclic) bond motifs is 1. The normalized spacial score (nSPS) is 10.7. The van der Waals surface area contributed by atoms with Crippen LogP contribution < -0.4 is 5.32 Å². The molecule has 1 aromatic heterocycles. The number of rotatable bonds is 6. The minimum absolute atomic E-state index is 0.0203. The molecule has 1 amide bonds. The number of phenolic OH excluding ortho intramolecular Hbond substituents is 1. The van der Waals surface area contributed by atoms with Crippen LogP contribution in [0.15, 0.2) is 42.5 Å². The van der Waals surface area contributed by atoms with Crippen LogP contribution in [0.2, 0.25) is 0 Å². The Balaban J connectivity index is 1.56. The number of amides is 1. The van der Waals surface area contributed by atoms with Gasteiger partial charge in [0.15, 0.2) is 0 Å². The van der Waals surface area contributed by atoms with Crippen LogP contribution in [-0.4, -0.2) is 25.9 Å². The summed E-state index contributed by atoms with van der Waals surface area (Å²) in [6.45, 7) is 0.0203. The Hall–Kier alpha value is -3.42. The van der Waals surface area contributed by atoms with E-state index < -0.39 is 4.92 Å². The molecule has 3 N–H and O–H groups in total. The summed E-state index contributed by atoms with van der Waals surface area (Å²) < 4.78 is 0. The van der Waals surface area contributed by atoms with Gasteiger partial charge in [-0.05, 0) is 18.2 Å². The molecule has 0 aliphatic carbocycles. The lowest BCUT2D eigenvalue weighted by atomic mass is 10.1. The number of para-hydroxylation sites is 2. The summed E-state index contributed by atoms with van der Waals surface area (Å²) in [5, 5.41) is 23.1. The SMILES string of the molecule is O=C(CCc1nc2ccccc2[nH]1)NCc1cc([N+](=O)[O-])ccc1O. The maximum Gasteiger partial charge on any atom is 0.270 e. The number of phenols is 1. The highest BCUT2D eigenvalue weighted by atomic mass is 16.6. The first kappa shape index (κ1) is 16.4. The standard InChI is InChI=1S/C17H16N4O4/c22-15-6-5-12(21(24)25)9-11(15)10-18-17(23)8-7-16-19-13-3-1-2-4-14(13)20-16/h1-6,9,22H,7-8,10H2,(H,18,23)(H,19,20). The highest BCUT2D eigenvalue weighted by Crippen LogP contribution is 2.22. The minimum Gasteiger partial charge on any atom is -0.508 e. The summed E-state index contributed by atoms with van der Waals surface area (Å²) in [6.07, 6.45) is 0.664. The number of non-ortho nitro benzene ring substituents is 1. The number of carbonyl (C=O) groups is 1. The fourth-order valence-corrected chi connectivity index (χ4v) is 2.47. The summed E-state index contributed by atoms with van der Waals surface area (Å²) in [4.78, 5) is 29.7. The number of hydrogen-bond donors (Lipinski definition) is 3. The molecule has 1 heterocycles. The summed E-state index contributed by atoms with van der Waals surface area (Å²) in [5.74, 6) is 0.393. The second-order valence-electron chi connectivity index (χ2n) is 5.55. The monoisotopic (exact) mass is 340 g/mol. The maximum atomic E-state index is 12.0. The zero-order valence-corrected chi connectivity index (χ0v) is 13.2. The average molecular weight is 340 g/mol. The Morgan fingerprint density at radius 3 is 2.84 bits per heavy atom. The molecule has 0 saturated heterocycles. The second kappa shape index (κ2) is 7.00. The first-order valence-electron chi connectivity index (χ1n) is 7.69. The number of nitrogens with zero attached hydrogens (tertiary/aromatic N) is 2. The molecule has 3 rings (SSSR count). The number of aromatic hydroxyl groups is 1. The van der Waals surface area contributed by atoms with Crippen molar-refractivity contribution in [2.75, 3.05) is 0 Å². The molecule has 0 radical (unpaired) electrons. The van der Waals surface area contributed by atoms with Crippen molar-refractivity contribution in [1.82, 2.24) is 15.3 Å². The fourth-order valence-electron chi connectivity index (χ4n) is 2.47. The molecule has 0 atom stereocenters. The third kappa shape index (κ3) is 3.92. The van der Waals surface area contributed by atoms with Gasteiger partial charge in [0.05, 0.1) is 16.0 Å². The Kier molecular flexibility index (Phi) is 4.60. The van der Waals surface area contributed by atoms with Crippen molar-refractivity contribution < 1.29 is 14.8 Å². The van der Waals surface area contributed by atoms with Gasteiger partial charge in [-0.15, -0.1) is 0 Å². The van der Waals surface area contributed by atoms with Crippen molar-refractivity contribution in [1.29, 1.82) is 0 Å². The second-order valence-corrected chi connectivity index (χ2v) is 5.55. The Labute approximate surface area is 142 Å². The number of carbonyl (C=O) groups excluding carboxylic acids is 1. The number of nitro benzene ring substituents is 1. The number of nitrogens with one attached hydrogen (secondary N) is 2. The molecule has 3 aromatic rings. The van der Waals surface area contributed by atoms with Crippen molar-refractivity contribution in [3.05, 3.63) is 64.0 Å². The van der Waals surface area contributed by atoms with Crippen molar-refractivity contribution >= 4 is 22.6 Å². The van der Waals surface area contributed by atoms with Crippen LogP contribution in [0.4, 0.5) is 5.69 Å². The van der Waals surface area contributed by atoms with Crippen LogP contribution in [-0.2, 0) is 17.8 Å². The number of hydrogen-bond acceptors (Lipinski definition) is 5. The summed E-state index contributed by atoms with van der Waals surface area (Å²) in [7, 11) is 0. The van der Waals surface area contributed by atoms with Crippen molar-refractivity contribution in [3.63, 3.8) is 0 Å². The number of imidazole rings is 1. The molecule has 8 nitrogen and oxygen atoms in total. The van der Waals surface area contributed by atoms with Crippen LogP contribution in [0.3, 0.4) is 0 Å². The van der Waals surface area contributed by atoms with E-state index in [1.807, 2.05) is 24.3 Å². The van der Waals surface area contributed by atoms with Gasteiger partial charge in [-0.2, -0.15) is 0 Å². The van der Waals surface area contributed by atoms with Gasteiger partial charge in [-0.3, -0.25) is 14.9 Å². The largest absolute Gasteiger partial charge is 0.508 e. The van der Waals surface area contributed by atoms with Gasteiger partial charge in [0.25, 0.3) is 5.69 Å². The van der Waals surface area contributed by atoms with Crippen LogP contribution in [0, 0.1) is 10.1 Å². The fraction of sp³-hybridized carbons (Fsp3) is 0.176. The lowest BCUT2D eigenvalue weighted by Gasteiger charge is -2.06. The van der Waals surface area contributed by atoms with Gasteiger partial charge in [0.2, 0.25) is 5.91 Å². The van der Waals surface area contributed by atoms with E-state index >= 15 is 0 Å². The lowest BCUT2D eigenvalue weighted by Crippen LogP contribution is -2.23. The molecule has 0 saturated carbocycles. The third-order valence-corrected chi connectivity index (χ3v) is 3.78. The van der Waals surface area contributed by atoms with E-state index in [9.17, 15) is 20.0 Å². The smallest absolute Gasteiger partial charge is 0.270 e. The molecule has 128 valence electrons. The molecule has 8 heteroatoms. The van der Waals surface area contributed by atoms with E-state index in [0.29, 0.717) is 12.0 Å². The van der Waals surface area contributed by atoms with Gasteiger partial charge >= 0.3 is 0 Å². The maximum absolute atomic E-state index is 12.0. The van der Waals surface area contributed by atoms with Crippen LogP contribution in [0.25, 0.3) is 11.0 Å². The number of aromatic amines is 1. The molecule has 0 spiro atoms. The first-order valence-corrected chi connectivity index (χ1v) is 7.69. The minimum atomic E-state index is -0.549. The quantitative estimate of drug-likeness (QED) is 0.470. The van der Waals surface area contributed by atoms with Crippen molar-refractivity contribution in [2.45, 2.75) is 19.4 Å². The predicted octanol–water partition coefficient (Wildman–Crippen LogP) is 2.43. The van der Waals surface area contributed by atoms with Gasteiger partial charge in [-0.25, -0.2) is 4.98 Å². The Bertz CT molecular complexity index is 902. The molecule has 0 unspecified atom stereocenters. The number of nitro groups is 1. The van der Waals surface area contributed by atoms with E-state index in [1.54, 1.807) is 0 Å². The van der Waals surface area contributed by atoms with Crippen molar-refractivity contribution in [2.24, 2.45) is 0 Å². The topological polar surface area (TPSA) is 121 Å². The average Bonchev–Trinajstić information content (AvgIpc) is 3.02. The summed E-state index contributed by atoms with van der Waals surface area (Å²) >= 11 is 0. The molecule has 0 aliphatic rings. The number of H-pyrrole nitrogens is 1. The molecule has 0 bridgehead atoms. The molecular weight excluding hydrogens is 324 g/mol. The van der Waals surface area contributed by atoms with E-state index in [0.717, 1.165) is 16.9 Å². The number of benzene rings is 2. The highest BCUT2D eigenvalue weighted by molar-refractivity contribution is 5.77. The van der Waals surface area contributed by atoms with E-state index in [-0.39, 0.29) is 30.3 Å². The van der Waals surface area contributed by atoms with Crippen LogP contribution in [0.1, 0.15) is 17.8 Å². The van der Waals surface area contributed by atoms with Gasteiger partial charge in [0, 0.05) is 37.1 Å². The molecule has 25 heavy (non-hydrogen) atoms. The van der Waals surface area contributed by atoms with Gasteiger partial charge in [0.1, 0.15) is 11.6 Å². The summed E-state index contributed by atoms with van der Waals surface area (Å²) in [5.41, 5.74) is 1.93. The zero-order valence-electron chi connectivity index (χ0n) is 13.2. The highest BCUT2D eigenvalue weighted by Gasteiger charge is 2.12. The van der Waals surface area contributed by atoms with Crippen LogP contribution >= 0.6 is 0 Å². The number of aromatic nitrogens is 2. The van der Waals surface area contributed by atoms with Crippen molar-refractivity contribution in [3.8, 4) is 5.75 Å². The number of aryl methyl sites for hydroxylation is 1. The predicted molar refractivity (Wildman–Crippen MR) is 91.0 cm³/mol. The molecular formula is C17H16N4O4. The van der Waals surface area contributed by atoms with Crippen LogP contribution in [0.5, 0.6) is 5.75 Å². The Morgan fingerprint density at radius 2 is 2.08 bits per heavy atom. The van der Waals surface area contributed by atoms with Gasteiger partial charge < -0.3 is 15.4 Å². The van der Waals surface area contributed by atoms with E-state index in [2.05, 4.69) is 15.3 Å².